The lowest BCUT2D eigenvalue weighted by Crippen LogP contribution is -2.43. The Kier molecular flexibility index (Phi) is 8.10. The number of hydrogen-bond donors (Lipinski definition) is 1. The molecule has 1 aliphatic heterocycles. The van der Waals surface area contributed by atoms with Gasteiger partial charge in [-0.05, 0) is 55.7 Å². The van der Waals surface area contributed by atoms with E-state index in [9.17, 15) is 13.2 Å². The van der Waals surface area contributed by atoms with Gasteiger partial charge in [0.2, 0.25) is 15.9 Å². The number of carbonyl (C=O) groups is 1. The number of amides is 1. The number of nitrogens with one attached hydrogen (secondary N) is 1. The van der Waals surface area contributed by atoms with Crippen molar-refractivity contribution in [1.82, 2.24) is 9.62 Å². The maximum absolute atomic E-state index is 13.0. The second kappa shape index (κ2) is 10.6. The van der Waals surface area contributed by atoms with Gasteiger partial charge < -0.3 is 19.5 Å². The Morgan fingerprint density at radius 1 is 1.00 bits per heavy atom. The van der Waals surface area contributed by atoms with Gasteiger partial charge in [-0.3, -0.25) is 4.79 Å². The van der Waals surface area contributed by atoms with Crippen molar-refractivity contribution in [2.45, 2.75) is 30.7 Å². The number of rotatable bonds is 8. The summed E-state index contributed by atoms with van der Waals surface area (Å²) in [6.07, 6.45) is 0.876. The molecule has 8 nitrogen and oxygen atoms in total. The van der Waals surface area contributed by atoms with E-state index in [1.165, 1.54) is 29.6 Å². The Bertz CT molecular complexity index is 1100. The van der Waals surface area contributed by atoms with Gasteiger partial charge in [0.15, 0.2) is 11.5 Å². The summed E-state index contributed by atoms with van der Waals surface area (Å²) in [7, 11) is 0.896. The molecule has 1 heterocycles. The molecule has 1 saturated heterocycles. The highest BCUT2D eigenvalue weighted by atomic mass is 35.5. The van der Waals surface area contributed by atoms with E-state index in [1.54, 1.807) is 20.3 Å². The average molecular weight is 497 g/mol. The van der Waals surface area contributed by atoms with Crippen LogP contribution >= 0.6 is 11.6 Å². The monoisotopic (exact) mass is 496 g/mol. The van der Waals surface area contributed by atoms with Crippen LogP contribution in [0.4, 0.5) is 0 Å². The minimum Gasteiger partial charge on any atom is -0.495 e. The largest absolute Gasteiger partial charge is 0.495 e. The van der Waals surface area contributed by atoms with E-state index in [4.69, 9.17) is 25.8 Å². The Morgan fingerprint density at radius 3 is 2.18 bits per heavy atom. The molecule has 0 aliphatic carbocycles. The van der Waals surface area contributed by atoms with Crippen molar-refractivity contribution in [3.8, 4) is 17.2 Å². The fourth-order valence-corrected chi connectivity index (χ4v) is 5.67. The maximum Gasteiger partial charge on any atom is 0.243 e. The molecule has 10 heteroatoms. The molecule has 0 aromatic heterocycles. The van der Waals surface area contributed by atoms with Crippen LogP contribution < -0.4 is 19.5 Å². The predicted molar refractivity (Wildman–Crippen MR) is 126 cm³/mol. The maximum atomic E-state index is 13.0. The first-order valence-electron chi connectivity index (χ1n) is 10.6. The van der Waals surface area contributed by atoms with Crippen LogP contribution in [0.1, 0.15) is 31.4 Å². The Morgan fingerprint density at radius 2 is 1.61 bits per heavy atom. The number of halogens is 1. The van der Waals surface area contributed by atoms with Crippen molar-refractivity contribution in [2.24, 2.45) is 5.92 Å². The lowest BCUT2D eigenvalue weighted by Gasteiger charge is -2.31. The third kappa shape index (κ3) is 5.54. The van der Waals surface area contributed by atoms with Gasteiger partial charge in [-0.25, -0.2) is 8.42 Å². The Balaban J connectivity index is 1.61. The molecule has 2 aromatic rings. The zero-order chi connectivity index (χ0) is 24.2. The highest BCUT2D eigenvalue weighted by Gasteiger charge is 2.33. The second-order valence-electron chi connectivity index (χ2n) is 7.82. The van der Waals surface area contributed by atoms with E-state index in [0.717, 1.165) is 5.56 Å². The number of methoxy groups -OCH3 is 3. The first kappa shape index (κ1) is 25.1. The van der Waals surface area contributed by atoms with Gasteiger partial charge in [-0.1, -0.05) is 17.7 Å². The van der Waals surface area contributed by atoms with Crippen LogP contribution in [-0.2, 0) is 14.8 Å². The number of ether oxygens (including phenoxy) is 3. The smallest absolute Gasteiger partial charge is 0.243 e. The SMILES string of the molecule is COc1ccc(S(=O)(=O)N2CCC(C(=O)N[C@@H](C)c3ccc(OC)c(OC)c3)CC2)cc1Cl. The molecule has 1 atom stereocenters. The molecule has 180 valence electrons. The van der Waals surface area contributed by atoms with E-state index in [2.05, 4.69) is 5.32 Å². The molecule has 3 rings (SSSR count). The molecule has 0 spiro atoms. The molecule has 0 saturated carbocycles. The van der Waals surface area contributed by atoms with Crippen molar-refractivity contribution >= 4 is 27.5 Å². The highest BCUT2D eigenvalue weighted by molar-refractivity contribution is 7.89. The molecule has 1 amide bonds. The summed E-state index contributed by atoms with van der Waals surface area (Å²) < 4.78 is 43.1. The van der Waals surface area contributed by atoms with Gasteiger partial charge >= 0.3 is 0 Å². The van der Waals surface area contributed by atoms with Gasteiger partial charge in [-0.15, -0.1) is 0 Å². The number of sulfonamides is 1. The van der Waals surface area contributed by atoms with Gasteiger partial charge in [0.25, 0.3) is 0 Å². The number of piperidine rings is 1. The van der Waals surface area contributed by atoms with E-state index < -0.39 is 10.0 Å². The zero-order valence-electron chi connectivity index (χ0n) is 19.1. The van der Waals surface area contributed by atoms with Gasteiger partial charge in [0.1, 0.15) is 5.75 Å². The van der Waals surface area contributed by atoms with Crippen LogP contribution in [0, 0.1) is 5.92 Å². The third-order valence-corrected chi connectivity index (χ3v) is 8.04. The van der Waals surface area contributed by atoms with Gasteiger partial charge in [0, 0.05) is 19.0 Å². The summed E-state index contributed by atoms with van der Waals surface area (Å²) in [6, 6.07) is 9.67. The fraction of sp³-hybridized carbons (Fsp3) is 0.435. The number of hydrogen-bond acceptors (Lipinski definition) is 6. The molecule has 2 aromatic carbocycles. The van der Waals surface area contributed by atoms with Gasteiger partial charge in [0.05, 0.1) is 37.3 Å². The highest BCUT2D eigenvalue weighted by Crippen LogP contribution is 2.32. The lowest BCUT2D eigenvalue weighted by molar-refractivity contribution is -0.126. The topological polar surface area (TPSA) is 94.2 Å². The number of carbonyl (C=O) groups excluding carboxylic acids is 1. The average Bonchev–Trinajstić information content (AvgIpc) is 2.83. The van der Waals surface area contributed by atoms with Crippen molar-refractivity contribution < 1.29 is 27.4 Å². The van der Waals surface area contributed by atoms with Crippen LogP contribution in [-0.4, -0.2) is 53.0 Å². The molecule has 0 radical (unpaired) electrons. The molecule has 1 aliphatic rings. The van der Waals surface area contributed by atoms with Crippen molar-refractivity contribution in [3.63, 3.8) is 0 Å². The molecular weight excluding hydrogens is 468 g/mol. The zero-order valence-corrected chi connectivity index (χ0v) is 20.7. The number of nitrogens with zero attached hydrogens (tertiary/aromatic N) is 1. The van der Waals surface area contributed by atoms with E-state index in [1.807, 2.05) is 19.1 Å². The van der Waals surface area contributed by atoms with Crippen LogP contribution in [0.3, 0.4) is 0 Å². The summed E-state index contributed by atoms with van der Waals surface area (Å²) in [5.74, 6) is 1.26. The lowest BCUT2D eigenvalue weighted by atomic mass is 9.96. The second-order valence-corrected chi connectivity index (χ2v) is 10.2. The van der Waals surface area contributed by atoms with Crippen molar-refractivity contribution in [1.29, 1.82) is 0 Å². The first-order valence-corrected chi connectivity index (χ1v) is 12.4. The van der Waals surface area contributed by atoms with Crippen LogP contribution in [0.2, 0.25) is 5.02 Å². The van der Waals surface area contributed by atoms with Crippen LogP contribution in [0.5, 0.6) is 17.2 Å². The van der Waals surface area contributed by atoms with Crippen LogP contribution in [0.25, 0.3) is 0 Å². The minimum absolute atomic E-state index is 0.0955. The predicted octanol–water partition coefficient (Wildman–Crippen LogP) is 3.64. The standard InChI is InChI=1S/C23H29ClN2O6S/c1-15(17-5-7-21(31-3)22(13-17)32-4)25-23(27)16-9-11-26(12-10-16)33(28,29)18-6-8-20(30-2)19(24)14-18/h5-8,13-16H,9-12H2,1-4H3,(H,25,27)/t15-/m0/s1. The van der Waals surface area contributed by atoms with E-state index >= 15 is 0 Å². The molecule has 1 fully saturated rings. The van der Waals surface area contributed by atoms with Crippen LogP contribution in [0.15, 0.2) is 41.3 Å². The summed E-state index contributed by atoms with van der Waals surface area (Å²) in [6.45, 7) is 2.41. The summed E-state index contributed by atoms with van der Waals surface area (Å²) in [5.41, 5.74) is 0.886. The normalized spacial score (nSPS) is 16.2. The van der Waals surface area contributed by atoms with Crippen molar-refractivity contribution in [2.75, 3.05) is 34.4 Å². The summed E-state index contributed by atoms with van der Waals surface area (Å²) in [5, 5.41) is 3.26. The van der Waals surface area contributed by atoms with E-state index in [0.29, 0.717) is 30.1 Å². The first-order chi connectivity index (χ1) is 15.7. The summed E-state index contributed by atoms with van der Waals surface area (Å²) >= 11 is 6.10. The molecule has 1 N–H and O–H groups in total. The minimum atomic E-state index is -3.70. The molecule has 0 unspecified atom stereocenters. The van der Waals surface area contributed by atoms with E-state index in [-0.39, 0.29) is 40.9 Å². The third-order valence-electron chi connectivity index (χ3n) is 5.85. The fourth-order valence-electron chi connectivity index (χ4n) is 3.85. The molecule has 0 bridgehead atoms. The Hall–Kier alpha value is -2.49. The van der Waals surface area contributed by atoms with Gasteiger partial charge in [-0.2, -0.15) is 4.31 Å². The summed E-state index contributed by atoms with van der Waals surface area (Å²) in [4.78, 5) is 12.9. The number of benzene rings is 2. The molecule has 33 heavy (non-hydrogen) atoms. The quantitative estimate of drug-likeness (QED) is 0.599. The molecular formula is C23H29ClN2O6S. The Labute approximate surface area is 199 Å². The van der Waals surface area contributed by atoms with Crippen molar-refractivity contribution in [3.05, 3.63) is 47.0 Å².